The van der Waals surface area contributed by atoms with Gasteiger partial charge in [-0.05, 0) is 55.9 Å². The van der Waals surface area contributed by atoms with Crippen LogP contribution in [0.25, 0.3) is 11.0 Å². The summed E-state index contributed by atoms with van der Waals surface area (Å²) in [6.45, 7) is 0.985. The summed E-state index contributed by atoms with van der Waals surface area (Å²) in [6.07, 6.45) is 5.32. The molecule has 1 aliphatic carbocycles. The fourth-order valence-electron chi connectivity index (χ4n) is 5.37. The Bertz CT molecular complexity index is 1700. The van der Waals surface area contributed by atoms with Crippen LogP contribution in [0.3, 0.4) is 0 Å². The molecule has 1 atom stereocenters. The molecular weight excluding hydrogens is 578 g/mol. The van der Waals surface area contributed by atoms with Gasteiger partial charge in [0.2, 0.25) is 0 Å². The minimum absolute atomic E-state index is 0.0142. The number of fused-ring (bicyclic) bond motifs is 1. The molecule has 1 saturated heterocycles. The normalized spacial score (nSPS) is 17.2. The molecule has 2 aromatic heterocycles. The van der Waals surface area contributed by atoms with Gasteiger partial charge in [0.15, 0.2) is 28.3 Å². The van der Waals surface area contributed by atoms with Gasteiger partial charge >= 0.3 is 0 Å². The number of anilines is 3. The summed E-state index contributed by atoms with van der Waals surface area (Å²) in [5.41, 5.74) is 2.78. The van der Waals surface area contributed by atoms with Gasteiger partial charge in [0, 0.05) is 37.5 Å². The first-order valence-electron chi connectivity index (χ1n) is 14.1. The number of hydrogen-bond acceptors (Lipinski definition) is 11. The number of aromatic nitrogens is 3. The van der Waals surface area contributed by atoms with E-state index < -0.39 is 10.0 Å². The maximum atomic E-state index is 13.6. The lowest BCUT2D eigenvalue weighted by atomic mass is 10.2. The monoisotopic (exact) mass is 613 g/mol. The second-order valence-corrected chi connectivity index (χ2v) is 12.2. The molecule has 1 aliphatic heterocycles. The summed E-state index contributed by atoms with van der Waals surface area (Å²) in [4.78, 5) is -0.178. The van der Waals surface area contributed by atoms with Gasteiger partial charge in [-0.15, -0.1) is 0 Å². The molecule has 2 N–H and O–H groups in total. The molecule has 0 amide bonds. The number of rotatable bonds is 12. The molecule has 2 aromatic carbocycles. The predicted molar refractivity (Wildman–Crippen MR) is 158 cm³/mol. The Hall–Kier alpha value is -4.01. The van der Waals surface area contributed by atoms with Gasteiger partial charge < -0.3 is 33.5 Å². The summed E-state index contributed by atoms with van der Waals surface area (Å²) in [5.74, 6) is 1.77. The zero-order valence-corrected chi connectivity index (χ0v) is 25.3. The van der Waals surface area contributed by atoms with Crippen LogP contribution >= 0.6 is 0 Å². The van der Waals surface area contributed by atoms with Crippen molar-refractivity contribution in [1.82, 2.24) is 14.9 Å². The van der Waals surface area contributed by atoms with E-state index >= 15 is 0 Å². The predicted octanol–water partition coefficient (Wildman–Crippen LogP) is 5.32. The van der Waals surface area contributed by atoms with Gasteiger partial charge in [0.05, 0.1) is 39.0 Å². The molecule has 0 radical (unpaired) electrons. The standard InChI is InChI=1S/C29H35N5O8S/c1-37-16-17-11-24(39-3)28(25(12-17)40-4)43(35,36)33-29-19-13-23(38-2)20(14-22(19)42-32-29)30-26-15-21(18-8-9-18)34(31-26)27-7-5-6-10-41-27/h11-15,18,27H,5-10,16H2,1-4H3,(H,30,31)(H,32,33). The second kappa shape index (κ2) is 11.9. The van der Waals surface area contributed by atoms with Crippen molar-refractivity contribution < 1.29 is 36.6 Å². The maximum Gasteiger partial charge on any atom is 0.270 e. The molecule has 2 fully saturated rings. The first kappa shape index (κ1) is 29.1. The van der Waals surface area contributed by atoms with Crippen LogP contribution in [0.5, 0.6) is 17.2 Å². The molecular formula is C29H35N5O8S. The molecule has 13 nitrogen and oxygen atoms in total. The van der Waals surface area contributed by atoms with E-state index in [2.05, 4.69) is 21.3 Å². The third kappa shape index (κ3) is 5.82. The fraction of sp³-hybridized carbons (Fsp3) is 0.448. The Labute approximate surface area is 249 Å². The Morgan fingerprint density at radius 3 is 2.33 bits per heavy atom. The quantitative estimate of drug-likeness (QED) is 0.214. The Kier molecular flexibility index (Phi) is 8.07. The number of ether oxygens (including phenoxy) is 5. The average molecular weight is 614 g/mol. The third-order valence-electron chi connectivity index (χ3n) is 7.57. The highest BCUT2D eigenvalue weighted by Crippen LogP contribution is 2.44. The van der Waals surface area contributed by atoms with Crippen molar-refractivity contribution in [3.8, 4) is 17.2 Å². The number of sulfonamides is 1. The van der Waals surface area contributed by atoms with Crippen LogP contribution in [-0.2, 0) is 26.1 Å². The van der Waals surface area contributed by atoms with Crippen LogP contribution in [0.15, 0.2) is 39.8 Å². The summed E-state index contributed by atoms with van der Waals surface area (Å²) >= 11 is 0. The fourth-order valence-corrected chi connectivity index (χ4v) is 6.69. The lowest BCUT2D eigenvalue weighted by Crippen LogP contribution is -2.20. The Morgan fingerprint density at radius 1 is 0.953 bits per heavy atom. The molecule has 43 heavy (non-hydrogen) atoms. The van der Waals surface area contributed by atoms with E-state index in [1.807, 2.05) is 4.68 Å². The molecule has 0 bridgehead atoms. The largest absolute Gasteiger partial charge is 0.495 e. The van der Waals surface area contributed by atoms with Crippen molar-refractivity contribution in [2.24, 2.45) is 0 Å². The molecule has 1 unspecified atom stereocenters. The Balaban J connectivity index is 1.30. The number of nitrogens with one attached hydrogen (secondary N) is 2. The van der Waals surface area contributed by atoms with E-state index in [1.54, 1.807) is 31.4 Å². The molecule has 1 saturated carbocycles. The number of nitrogens with zero attached hydrogens (tertiary/aromatic N) is 3. The molecule has 2 aliphatic rings. The summed E-state index contributed by atoms with van der Waals surface area (Å²) in [5, 5.41) is 12.6. The number of benzene rings is 2. The van der Waals surface area contributed by atoms with E-state index in [4.69, 9.17) is 33.3 Å². The number of hydrogen-bond donors (Lipinski definition) is 2. The lowest BCUT2D eigenvalue weighted by molar-refractivity contribution is -0.0409. The topological polar surface area (TPSA) is 148 Å². The van der Waals surface area contributed by atoms with Gasteiger partial charge in [-0.3, -0.25) is 4.72 Å². The first-order chi connectivity index (χ1) is 20.8. The summed E-state index contributed by atoms with van der Waals surface area (Å²) in [7, 11) is 1.61. The molecule has 6 rings (SSSR count). The molecule has 3 heterocycles. The Morgan fingerprint density at radius 2 is 1.70 bits per heavy atom. The van der Waals surface area contributed by atoms with Crippen molar-refractivity contribution in [3.63, 3.8) is 0 Å². The van der Waals surface area contributed by atoms with Gasteiger partial charge in [0.25, 0.3) is 10.0 Å². The van der Waals surface area contributed by atoms with Crippen LogP contribution in [-0.4, -0.2) is 58.4 Å². The van der Waals surface area contributed by atoms with E-state index in [0.29, 0.717) is 39.7 Å². The van der Waals surface area contributed by atoms with E-state index in [0.717, 1.165) is 44.4 Å². The summed E-state index contributed by atoms with van der Waals surface area (Å²) < 4.78 is 65.0. The highest BCUT2D eigenvalue weighted by atomic mass is 32.2. The zero-order valence-electron chi connectivity index (χ0n) is 24.5. The minimum Gasteiger partial charge on any atom is -0.495 e. The van der Waals surface area contributed by atoms with Crippen molar-refractivity contribution in [2.45, 2.75) is 55.8 Å². The van der Waals surface area contributed by atoms with Gasteiger partial charge in [-0.2, -0.15) is 5.10 Å². The van der Waals surface area contributed by atoms with Crippen molar-refractivity contribution in [3.05, 3.63) is 41.6 Å². The van der Waals surface area contributed by atoms with Crippen molar-refractivity contribution in [2.75, 3.05) is 45.1 Å². The second-order valence-electron chi connectivity index (χ2n) is 10.6. The third-order valence-corrected chi connectivity index (χ3v) is 8.98. The van der Waals surface area contributed by atoms with Crippen molar-refractivity contribution >= 4 is 38.3 Å². The smallest absolute Gasteiger partial charge is 0.270 e. The maximum absolute atomic E-state index is 13.6. The van der Waals surface area contributed by atoms with Gasteiger partial charge in [-0.1, -0.05) is 5.16 Å². The number of methoxy groups -OCH3 is 4. The van der Waals surface area contributed by atoms with Gasteiger partial charge in [0.1, 0.15) is 17.2 Å². The van der Waals surface area contributed by atoms with E-state index in [9.17, 15) is 8.42 Å². The van der Waals surface area contributed by atoms with Crippen LogP contribution in [0.2, 0.25) is 0 Å². The molecule has 4 aromatic rings. The van der Waals surface area contributed by atoms with E-state index in [-0.39, 0.29) is 35.0 Å². The van der Waals surface area contributed by atoms with Crippen LogP contribution in [0.4, 0.5) is 17.3 Å². The van der Waals surface area contributed by atoms with Crippen LogP contribution < -0.4 is 24.2 Å². The van der Waals surface area contributed by atoms with E-state index in [1.165, 1.54) is 21.3 Å². The highest BCUT2D eigenvalue weighted by Gasteiger charge is 2.32. The zero-order chi connectivity index (χ0) is 30.1. The lowest BCUT2D eigenvalue weighted by Gasteiger charge is -2.24. The minimum atomic E-state index is -4.23. The summed E-state index contributed by atoms with van der Waals surface area (Å²) in [6, 6.07) is 8.58. The van der Waals surface area contributed by atoms with Gasteiger partial charge in [-0.25, -0.2) is 13.1 Å². The molecule has 230 valence electrons. The molecule has 14 heteroatoms. The first-order valence-corrected chi connectivity index (χ1v) is 15.6. The average Bonchev–Trinajstić information content (AvgIpc) is 3.67. The molecule has 0 spiro atoms. The SMILES string of the molecule is COCc1cc(OC)c(S(=O)(=O)Nc2noc3cc(Nc4cc(C5CC5)n(C5CCCCO5)n4)c(OC)cc23)c(OC)c1. The highest BCUT2D eigenvalue weighted by molar-refractivity contribution is 7.93. The van der Waals surface area contributed by atoms with Crippen LogP contribution in [0, 0.1) is 0 Å². The van der Waals surface area contributed by atoms with Crippen molar-refractivity contribution in [1.29, 1.82) is 0 Å². The van der Waals surface area contributed by atoms with Crippen LogP contribution in [0.1, 0.15) is 55.5 Å².